The summed E-state index contributed by atoms with van der Waals surface area (Å²) >= 11 is 6.31. The maximum atomic E-state index is 12.9. The third-order valence-electron chi connectivity index (χ3n) is 4.51. The Morgan fingerprint density at radius 2 is 1.90 bits per heavy atom. The molecular weight excluding hydrogens is 392 g/mol. The molecule has 1 aliphatic heterocycles. The highest BCUT2D eigenvalue weighted by Crippen LogP contribution is 2.40. The second kappa shape index (κ2) is 7.81. The predicted molar refractivity (Wildman–Crippen MR) is 111 cm³/mol. The van der Waals surface area contributed by atoms with Crippen LogP contribution < -0.4 is 20.7 Å². The number of hydrogen-bond acceptors (Lipinski definition) is 5. The van der Waals surface area contributed by atoms with Crippen molar-refractivity contribution >= 4 is 40.6 Å². The number of benzene rings is 2. The molecule has 0 fully saturated rings. The minimum Gasteiger partial charge on any atom is -0.489 e. The molecule has 0 bridgehead atoms. The summed E-state index contributed by atoms with van der Waals surface area (Å²) in [5.74, 6) is 0.217. The molecule has 0 unspecified atom stereocenters. The Labute approximate surface area is 172 Å². The Balaban J connectivity index is 1.64. The van der Waals surface area contributed by atoms with Crippen LogP contribution in [0.2, 0.25) is 5.02 Å². The summed E-state index contributed by atoms with van der Waals surface area (Å²) in [6.45, 7) is 0.945. The number of hydrogen-bond donors (Lipinski definition) is 2. The largest absolute Gasteiger partial charge is 0.489 e. The molecule has 0 radical (unpaired) electrons. The van der Waals surface area contributed by atoms with Crippen LogP contribution in [0.4, 0.5) is 17.2 Å². The lowest BCUT2D eigenvalue weighted by molar-refractivity contribution is 0.0997. The first kappa shape index (κ1) is 18.8. The van der Waals surface area contributed by atoms with Crippen LogP contribution in [0.25, 0.3) is 0 Å². The van der Waals surface area contributed by atoms with Crippen molar-refractivity contribution in [1.29, 1.82) is 0 Å². The summed E-state index contributed by atoms with van der Waals surface area (Å²) < 4.78 is 5.82. The third-order valence-corrected chi connectivity index (χ3v) is 4.81. The van der Waals surface area contributed by atoms with Gasteiger partial charge in [-0.1, -0.05) is 17.7 Å². The summed E-state index contributed by atoms with van der Waals surface area (Å²) in [7, 11) is 0. The summed E-state index contributed by atoms with van der Waals surface area (Å²) in [5, 5.41) is 3.33. The van der Waals surface area contributed by atoms with E-state index in [1.807, 2.05) is 11.0 Å². The molecule has 2 amide bonds. The normalized spacial score (nSPS) is 12.7. The molecule has 4 rings (SSSR count). The first-order chi connectivity index (χ1) is 14.0. The number of amides is 2. The molecule has 3 N–H and O–H groups in total. The number of fused-ring (bicyclic) bond motifs is 1. The fraction of sp³-hybridized carbons (Fsp3) is 0.0952. The minimum atomic E-state index is -0.526. The number of nitrogens with zero attached hydrogens (tertiary/aromatic N) is 2. The summed E-state index contributed by atoms with van der Waals surface area (Å²) in [6.07, 6.45) is 1.67. The van der Waals surface area contributed by atoms with Crippen molar-refractivity contribution in [3.63, 3.8) is 0 Å². The van der Waals surface area contributed by atoms with E-state index in [0.29, 0.717) is 52.2 Å². The smallest absolute Gasteiger partial charge is 0.259 e. The van der Waals surface area contributed by atoms with Crippen LogP contribution in [0, 0.1) is 0 Å². The fourth-order valence-corrected chi connectivity index (χ4v) is 3.36. The van der Waals surface area contributed by atoms with Crippen molar-refractivity contribution in [1.82, 2.24) is 4.98 Å². The molecule has 2 heterocycles. The van der Waals surface area contributed by atoms with Crippen LogP contribution in [0.1, 0.15) is 20.7 Å². The highest BCUT2D eigenvalue weighted by atomic mass is 35.5. The lowest BCUT2D eigenvalue weighted by atomic mass is 10.1. The molecule has 7 nitrogen and oxygen atoms in total. The monoisotopic (exact) mass is 408 g/mol. The number of aromatic nitrogens is 1. The van der Waals surface area contributed by atoms with Gasteiger partial charge in [0.15, 0.2) is 11.6 Å². The Morgan fingerprint density at radius 1 is 1.10 bits per heavy atom. The Bertz CT molecular complexity index is 1090. The Morgan fingerprint density at radius 3 is 2.62 bits per heavy atom. The van der Waals surface area contributed by atoms with Crippen LogP contribution in [0.3, 0.4) is 0 Å². The number of primary amides is 1. The van der Waals surface area contributed by atoms with E-state index in [1.165, 1.54) is 0 Å². The van der Waals surface area contributed by atoms with Gasteiger partial charge in [-0.25, -0.2) is 4.98 Å². The van der Waals surface area contributed by atoms with E-state index in [-0.39, 0.29) is 5.91 Å². The van der Waals surface area contributed by atoms with Gasteiger partial charge in [-0.2, -0.15) is 0 Å². The van der Waals surface area contributed by atoms with Crippen molar-refractivity contribution in [3.05, 3.63) is 76.9 Å². The van der Waals surface area contributed by atoms with Gasteiger partial charge in [-0.05, 0) is 48.5 Å². The molecule has 1 aromatic heterocycles. The van der Waals surface area contributed by atoms with E-state index >= 15 is 0 Å². The summed E-state index contributed by atoms with van der Waals surface area (Å²) in [6, 6.07) is 15.2. The number of nitrogens with one attached hydrogen (secondary N) is 1. The van der Waals surface area contributed by atoms with E-state index in [2.05, 4.69) is 10.3 Å². The van der Waals surface area contributed by atoms with Crippen LogP contribution >= 0.6 is 11.6 Å². The third kappa shape index (κ3) is 3.72. The maximum absolute atomic E-state index is 12.9. The quantitative estimate of drug-likeness (QED) is 0.687. The molecule has 0 saturated heterocycles. The lowest BCUT2D eigenvalue weighted by Crippen LogP contribution is -2.30. The van der Waals surface area contributed by atoms with Gasteiger partial charge in [0.2, 0.25) is 5.91 Å². The Hall–Kier alpha value is -3.58. The average Bonchev–Trinajstić information content (AvgIpc) is 2.73. The van der Waals surface area contributed by atoms with E-state index < -0.39 is 5.91 Å². The number of rotatable bonds is 4. The van der Waals surface area contributed by atoms with Crippen LogP contribution in [-0.4, -0.2) is 29.9 Å². The van der Waals surface area contributed by atoms with Crippen molar-refractivity contribution in [2.75, 3.05) is 23.4 Å². The number of nitrogens with two attached hydrogens (primary N) is 1. The van der Waals surface area contributed by atoms with Crippen LogP contribution in [0.15, 0.2) is 60.8 Å². The highest BCUT2D eigenvalue weighted by Gasteiger charge is 2.26. The number of halogens is 1. The summed E-state index contributed by atoms with van der Waals surface area (Å²) in [5.41, 5.74) is 7.25. The van der Waals surface area contributed by atoms with E-state index in [0.717, 1.165) is 0 Å². The van der Waals surface area contributed by atoms with E-state index in [4.69, 9.17) is 22.1 Å². The van der Waals surface area contributed by atoms with Crippen molar-refractivity contribution in [2.24, 2.45) is 5.73 Å². The van der Waals surface area contributed by atoms with Gasteiger partial charge >= 0.3 is 0 Å². The van der Waals surface area contributed by atoms with Crippen molar-refractivity contribution in [2.45, 2.75) is 0 Å². The SMILES string of the molecule is NC(=O)c1ccc(NC(=O)c2cccc3c2OCCN3c2ncccc2Cl)cc1. The van der Waals surface area contributed by atoms with Gasteiger partial charge in [0.1, 0.15) is 6.61 Å². The molecule has 0 saturated carbocycles. The molecule has 8 heteroatoms. The predicted octanol–water partition coefficient (Wildman–Crippen LogP) is 3.62. The van der Waals surface area contributed by atoms with Gasteiger partial charge in [0.25, 0.3) is 5.91 Å². The number of pyridine rings is 1. The van der Waals surface area contributed by atoms with E-state index in [9.17, 15) is 9.59 Å². The van der Waals surface area contributed by atoms with Gasteiger partial charge in [-0.3, -0.25) is 9.59 Å². The van der Waals surface area contributed by atoms with Gasteiger partial charge < -0.3 is 20.7 Å². The molecule has 3 aromatic rings. The zero-order valence-electron chi connectivity index (χ0n) is 15.3. The van der Waals surface area contributed by atoms with Crippen molar-refractivity contribution in [3.8, 4) is 5.75 Å². The number of ether oxygens (including phenoxy) is 1. The zero-order valence-corrected chi connectivity index (χ0v) is 16.0. The molecule has 0 atom stereocenters. The highest BCUT2D eigenvalue weighted by molar-refractivity contribution is 6.33. The molecule has 1 aliphatic rings. The summed E-state index contributed by atoms with van der Waals surface area (Å²) in [4.78, 5) is 30.4. The Kier molecular flexibility index (Phi) is 5.05. The standard InChI is InChI=1S/C21H17ClN4O3/c22-16-4-2-10-24-20(16)26-11-12-29-18-15(3-1-5-17(18)26)21(28)25-14-8-6-13(7-9-14)19(23)27/h1-10H,11-12H2,(H2,23,27)(H,25,28). The first-order valence-electron chi connectivity index (χ1n) is 8.89. The molecule has 146 valence electrons. The zero-order chi connectivity index (χ0) is 20.4. The minimum absolute atomic E-state index is 0.331. The van der Waals surface area contributed by atoms with Gasteiger partial charge in [0, 0.05) is 17.4 Å². The molecule has 0 spiro atoms. The van der Waals surface area contributed by atoms with Crippen molar-refractivity contribution < 1.29 is 14.3 Å². The number of carbonyl (C=O) groups excluding carboxylic acids is 2. The average molecular weight is 409 g/mol. The molecular formula is C21H17ClN4O3. The van der Waals surface area contributed by atoms with Gasteiger partial charge in [0.05, 0.1) is 22.8 Å². The van der Waals surface area contributed by atoms with Gasteiger partial charge in [-0.15, -0.1) is 0 Å². The second-order valence-electron chi connectivity index (χ2n) is 6.36. The van der Waals surface area contributed by atoms with E-state index in [1.54, 1.807) is 54.7 Å². The number of anilines is 3. The molecule has 2 aromatic carbocycles. The second-order valence-corrected chi connectivity index (χ2v) is 6.77. The van der Waals surface area contributed by atoms with Crippen LogP contribution in [0.5, 0.6) is 5.75 Å². The molecule has 29 heavy (non-hydrogen) atoms. The number of carbonyl (C=O) groups is 2. The van der Waals surface area contributed by atoms with Crippen LogP contribution in [-0.2, 0) is 0 Å². The fourth-order valence-electron chi connectivity index (χ4n) is 3.14. The number of para-hydroxylation sites is 1. The molecule has 0 aliphatic carbocycles. The first-order valence-corrected chi connectivity index (χ1v) is 9.27. The topological polar surface area (TPSA) is 97.5 Å². The maximum Gasteiger partial charge on any atom is 0.259 e. The lowest BCUT2D eigenvalue weighted by Gasteiger charge is -2.31.